The molecule has 1 nitrogen and oxygen atoms in total. The van der Waals surface area contributed by atoms with Gasteiger partial charge >= 0.3 is 0 Å². The fourth-order valence-corrected chi connectivity index (χ4v) is 1.10. The normalized spacial score (nSPS) is 11.8. The van der Waals surface area contributed by atoms with Crippen molar-refractivity contribution in [1.82, 2.24) is 0 Å². The van der Waals surface area contributed by atoms with Gasteiger partial charge in [0.25, 0.3) is 0 Å². The SMILES string of the molecule is I.NCC(Br)c1ccccc1. The van der Waals surface area contributed by atoms with Gasteiger partial charge in [-0.1, -0.05) is 46.3 Å². The molecule has 0 amide bonds. The Balaban J connectivity index is 0.000001000. The first-order valence-corrected chi connectivity index (χ1v) is 4.15. The number of halogens is 2. The molecule has 1 aromatic rings. The van der Waals surface area contributed by atoms with Gasteiger partial charge in [0.15, 0.2) is 0 Å². The highest BCUT2D eigenvalue weighted by atomic mass is 127. The molecule has 3 heteroatoms. The van der Waals surface area contributed by atoms with E-state index in [0.29, 0.717) is 11.4 Å². The Morgan fingerprint density at radius 3 is 2.27 bits per heavy atom. The van der Waals surface area contributed by atoms with Gasteiger partial charge in [-0.2, -0.15) is 0 Å². The molecule has 0 aliphatic heterocycles. The first-order valence-electron chi connectivity index (χ1n) is 3.23. The van der Waals surface area contributed by atoms with Crippen molar-refractivity contribution in [3.8, 4) is 0 Å². The second-order valence-corrected chi connectivity index (χ2v) is 3.22. The molecule has 1 unspecified atom stereocenters. The van der Waals surface area contributed by atoms with Gasteiger partial charge in [-0.15, -0.1) is 24.0 Å². The maximum Gasteiger partial charge on any atom is 0.0517 e. The lowest BCUT2D eigenvalue weighted by Gasteiger charge is -2.04. The number of benzene rings is 1. The summed E-state index contributed by atoms with van der Waals surface area (Å²) in [5.41, 5.74) is 6.70. The zero-order valence-corrected chi connectivity index (χ0v) is 9.95. The van der Waals surface area contributed by atoms with Gasteiger partial charge in [-0.25, -0.2) is 0 Å². The first-order chi connectivity index (χ1) is 4.84. The summed E-state index contributed by atoms with van der Waals surface area (Å²) in [6, 6.07) is 10.1. The molecular formula is C8H11BrIN. The van der Waals surface area contributed by atoms with Crippen LogP contribution in [0.2, 0.25) is 0 Å². The fraction of sp³-hybridized carbons (Fsp3) is 0.250. The molecule has 1 atom stereocenters. The first kappa shape index (κ1) is 11.4. The van der Waals surface area contributed by atoms with Crippen LogP contribution in [0.15, 0.2) is 30.3 Å². The third-order valence-corrected chi connectivity index (χ3v) is 2.27. The van der Waals surface area contributed by atoms with E-state index in [2.05, 4.69) is 28.1 Å². The molecule has 0 aliphatic rings. The van der Waals surface area contributed by atoms with Crippen LogP contribution in [0.4, 0.5) is 0 Å². The third kappa shape index (κ3) is 3.53. The van der Waals surface area contributed by atoms with E-state index < -0.39 is 0 Å². The van der Waals surface area contributed by atoms with Gasteiger partial charge in [0.2, 0.25) is 0 Å². The monoisotopic (exact) mass is 327 g/mol. The summed E-state index contributed by atoms with van der Waals surface area (Å²) < 4.78 is 0. The van der Waals surface area contributed by atoms with Crippen LogP contribution in [0, 0.1) is 0 Å². The maximum absolute atomic E-state index is 5.46. The molecule has 1 rings (SSSR count). The standard InChI is InChI=1S/C8H10BrN.HI/c9-8(6-10)7-4-2-1-3-5-7;/h1-5,8H,6,10H2;1H. The summed E-state index contributed by atoms with van der Waals surface area (Å²) in [5, 5.41) is 0. The van der Waals surface area contributed by atoms with Gasteiger partial charge in [0.05, 0.1) is 4.83 Å². The Hall–Kier alpha value is 0.390. The lowest BCUT2D eigenvalue weighted by molar-refractivity contribution is 0.958. The van der Waals surface area contributed by atoms with Crippen molar-refractivity contribution in [2.24, 2.45) is 5.73 Å². The Labute approximate surface area is 92.5 Å². The average Bonchev–Trinajstić information content (AvgIpc) is 2.05. The Kier molecular flexibility index (Phi) is 6.18. The number of rotatable bonds is 2. The second kappa shape index (κ2) is 5.97. The second-order valence-electron chi connectivity index (χ2n) is 2.11. The van der Waals surface area contributed by atoms with E-state index in [-0.39, 0.29) is 24.0 Å². The summed E-state index contributed by atoms with van der Waals surface area (Å²) in [4.78, 5) is 0.300. The molecular weight excluding hydrogens is 317 g/mol. The number of hydrogen-bond acceptors (Lipinski definition) is 1. The van der Waals surface area contributed by atoms with Crippen molar-refractivity contribution in [2.45, 2.75) is 4.83 Å². The summed E-state index contributed by atoms with van der Waals surface area (Å²) in [7, 11) is 0. The van der Waals surface area contributed by atoms with E-state index in [9.17, 15) is 0 Å². The van der Waals surface area contributed by atoms with Gasteiger partial charge in [0, 0.05) is 6.54 Å². The number of hydrogen-bond donors (Lipinski definition) is 1. The van der Waals surface area contributed by atoms with E-state index in [1.165, 1.54) is 5.56 Å². The summed E-state index contributed by atoms with van der Waals surface area (Å²) in [6.07, 6.45) is 0. The molecule has 0 bridgehead atoms. The predicted octanol–water partition coefficient (Wildman–Crippen LogP) is 2.70. The highest BCUT2D eigenvalue weighted by Gasteiger charge is 2.01. The molecule has 0 fully saturated rings. The van der Waals surface area contributed by atoms with E-state index in [0.717, 1.165) is 0 Å². The molecule has 0 radical (unpaired) electrons. The van der Waals surface area contributed by atoms with Gasteiger partial charge in [-0.05, 0) is 5.56 Å². The fourth-order valence-electron chi connectivity index (χ4n) is 0.798. The van der Waals surface area contributed by atoms with Crippen molar-refractivity contribution < 1.29 is 0 Å². The minimum Gasteiger partial charge on any atom is -0.329 e. The van der Waals surface area contributed by atoms with Crippen LogP contribution in [0.3, 0.4) is 0 Å². The quantitative estimate of drug-likeness (QED) is 0.656. The molecule has 0 aliphatic carbocycles. The van der Waals surface area contributed by atoms with Crippen molar-refractivity contribution in [3.63, 3.8) is 0 Å². The largest absolute Gasteiger partial charge is 0.329 e. The molecule has 2 N–H and O–H groups in total. The van der Waals surface area contributed by atoms with E-state index in [4.69, 9.17) is 5.73 Å². The maximum atomic E-state index is 5.46. The lowest BCUT2D eigenvalue weighted by Crippen LogP contribution is -2.05. The Morgan fingerprint density at radius 1 is 1.27 bits per heavy atom. The number of alkyl halides is 1. The third-order valence-electron chi connectivity index (χ3n) is 1.37. The lowest BCUT2D eigenvalue weighted by atomic mass is 10.2. The van der Waals surface area contributed by atoms with Crippen LogP contribution in [-0.2, 0) is 0 Å². The molecule has 62 valence electrons. The summed E-state index contributed by atoms with van der Waals surface area (Å²) >= 11 is 3.46. The highest BCUT2D eigenvalue weighted by molar-refractivity contribution is 14.0. The van der Waals surface area contributed by atoms with Gasteiger partial charge in [0.1, 0.15) is 0 Å². The highest BCUT2D eigenvalue weighted by Crippen LogP contribution is 2.19. The van der Waals surface area contributed by atoms with Crippen molar-refractivity contribution in [1.29, 1.82) is 0 Å². The van der Waals surface area contributed by atoms with Crippen LogP contribution in [0.1, 0.15) is 10.4 Å². The summed E-state index contributed by atoms with van der Waals surface area (Å²) in [6.45, 7) is 0.643. The van der Waals surface area contributed by atoms with Crippen molar-refractivity contribution >= 4 is 39.9 Å². The van der Waals surface area contributed by atoms with Crippen molar-refractivity contribution in [2.75, 3.05) is 6.54 Å². The Morgan fingerprint density at radius 2 is 1.82 bits per heavy atom. The Bertz CT molecular complexity index is 191. The minimum atomic E-state index is 0. The van der Waals surface area contributed by atoms with E-state index in [1.54, 1.807) is 0 Å². The van der Waals surface area contributed by atoms with Gasteiger partial charge in [-0.3, -0.25) is 0 Å². The van der Waals surface area contributed by atoms with E-state index in [1.807, 2.05) is 18.2 Å². The van der Waals surface area contributed by atoms with Gasteiger partial charge < -0.3 is 5.73 Å². The zero-order chi connectivity index (χ0) is 7.40. The molecule has 11 heavy (non-hydrogen) atoms. The minimum absolute atomic E-state index is 0. The summed E-state index contributed by atoms with van der Waals surface area (Å²) in [5.74, 6) is 0. The molecule has 0 saturated heterocycles. The molecule has 0 spiro atoms. The average molecular weight is 328 g/mol. The molecule has 0 aromatic heterocycles. The molecule has 0 saturated carbocycles. The van der Waals surface area contributed by atoms with Crippen LogP contribution in [0.25, 0.3) is 0 Å². The van der Waals surface area contributed by atoms with E-state index >= 15 is 0 Å². The van der Waals surface area contributed by atoms with Crippen molar-refractivity contribution in [3.05, 3.63) is 35.9 Å². The van der Waals surface area contributed by atoms with Crippen LogP contribution in [0.5, 0.6) is 0 Å². The smallest absolute Gasteiger partial charge is 0.0517 e. The number of nitrogens with two attached hydrogens (primary N) is 1. The predicted molar refractivity (Wildman–Crippen MR) is 62.6 cm³/mol. The van der Waals surface area contributed by atoms with Crippen LogP contribution in [-0.4, -0.2) is 6.54 Å². The molecule has 1 aromatic carbocycles. The van der Waals surface area contributed by atoms with Crippen LogP contribution < -0.4 is 5.73 Å². The topological polar surface area (TPSA) is 26.0 Å². The van der Waals surface area contributed by atoms with Crippen LogP contribution >= 0.6 is 39.9 Å². The zero-order valence-electron chi connectivity index (χ0n) is 6.03. The molecule has 0 heterocycles.